The second kappa shape index (κ2) is 8.89. The second-order valence-corrected chi connectivity index (χ2v) is 8.89. The van der Waals surface area contributed by atoms with E-state index in [-0.39, 0.29) is 6.42 Å². The molecule has 2 N–H and O–H groups in total. The molecule has 0 radical (unpaired) electrons. The van der Waals surface area contributed by atoms with Crippen molar-refractivity contribution in [1.29, 1.82) is 0 Å². The molecule has 202 valence electrons. The molecular formula is C18H22F12O4. The summed E-state index contributed by atoms with van der Waals surface area (Å²) in [5, 5.41) is 19.2. The zero-order valence-corrected chi connectivity index (χ0v) is 17.8. The number of hydrogen-bond donors (Lipinski definition) is 2. The van der Waals surface area contributed by atoms with Crippen LogP contribution in [0.3, 0.4) is 0 Å². The molecular weight excluding hydrogens is 508 g/mol. The summed E-state index contributed by atoms with van der Waals surface area (Å²) >= 11 is 0. The summed E-state index contributed by atoms with van der Waals surface area (Å²) in [5.41, 5.74) is -12.9. The summed E-state index contributed by atoms with van der Waals surface area (Å²) in [6.07, 6.45) is -34.0. The molecule has 0 amide bonds. The number of alkyl halides is 12. The molecule has 2 unspecified atom stereocenters. The second-order valence-electron chi connectivity index (χ2n) is 8.89. The molecule has 0 saturated heterocycles. The van der Waals surface area contributed by atoms with Gasteiger partial charge in [-0.25, -0.2) is 0 Å². The minimum Gasteiger partial charge on any atom is -0.462 e. The SMILES string of the molecule is CCC(C)(C)C(=O)OC1CC(C(O)(C(F)(F)F)C(F)(F)F)C[C@H](C(O)(C(F)(F)F)C(F)(F)F)C1. The minimum atomic E-state index is -6.58. The van der Waals surface area contributed by atoms with Crippen LogP contribution in [0.15, 0.2) is 0 Å². The summed E-state index contributed by atoms with van der Waals surface area (Å²) in [6, 6.07) is 0. The molecule has 4 nitrogen and oxygen atoms in total. The Bertz CT molecular complexity index is 661. The highest BCUT2D eigenvalue weighted by Crippen LogP contribution is 2.58. The van der Waals surface area contributed by atoms with Crippen LogP contribution in [0.4, 0.5) is 52.7 Å². The van der Waals surface area contributed by atoms with E-state index in [9.17, 15) is 67.7 Å². The number of rotatable bonds is 5. The highest BCUT2D eigenvalue weighted by atomic mass is 19.4. The van der Waals surface area contributed by atoms with Gasteiger partial charge in [-0.15, -0.1) is 0 Å². The number of carbonyl (C=O) groups is 1. The van der Waals surface area contributed by atoms with E-state index < -0.39 is 84.5 Å². The van der Waals surface area contributed by atoms with Crippen LogP contribution in [0.2, 0.25) is 0 Å². The molecule has 34 heavy (non-hydrogen) atoms. The monoisotopic (exact) mass is 530 g/mol. The van der Waals surface area contributed by atoms with E-state index in [4.69, 9.17) is 4.74 Å². The molecule has 1 fully saturated rings. The molecule has 0 aromatic rings. The normalized spacial score (nSPS) is 24.2. The van der Waals surface area contributed by atoms with Gasteiger partial charge < -0.3 is 14.9 Å². The predicted octanol–water partition coefficient (Wildman–Crippen LogP) is 5.46. The Morgan fingerprint density at radius 1 is 0.706 bits per heavy atom. The zero-order chi connectivity index (χ0) is 27.3. The minimum absolute atomic E-state index is 0.0184. The summed E-state index contributed by atoms with van der Waals surface area (Å²) < 4.78 is 165. The first-order valence-electron chi connectivity index (χ1n) is 9.70. The standard InChI is InChI=1S/C18H22F12O4/c1-4-12(2,3)11(31)34-10-6-8(13(32,15(19,20)21)16(22,23)24)5-9(7-10)14(33,17(25,26)27)18(28,29)30/h8-10,32-33H,4-7H2,1-3H3/t8-,9?,10?/m0/s1. The molecule has 16 heteroatoms. The van der Waals surface area contributed by atoms with Gasteiger partial charge in [0.2, 0.25) is 0 Å². The van der Waals surface area contributed by atoms with Crippen LogP contribution in [0, 0.1) is 17.3 Å². The molecule has 0 spiro atoms. The van der Waals surface area contributed by atoms with Gasteiger partial charge in [0.05, 0.1) is 5.41 Å². The lowest BCUT2D eigenvalue weighted by Gasteiger charge is -2.48. The first-order chi connectivity index (χ1) is 14.8. The van der Waals surface area contributed by atoms with Gasteiger partial charge in [-0.3, -0.25) is 4.79 Å². The van der Waals surface area contributed by atoms with Gasteiger partial charge in [0.25, 0.3) is 11.2 Å². The van der Waals surface area contributed by atoms with Crippen LogP contribution in [0.1, 0.15) is 46.5 Å². The average molecular weight is 530 g/mol. The van der Waals surface area contributed by atoms with Gasteiger partial charge in [-0.1, -0.05) is 6.92 Å². The number of aliphatic hydroxyl groups is 2. The number of hydrogen-bond acceptors (Lipinski definition) is 4. The molecule has 1 saturated carbocycles. The van der Waals surface area contributed by atoms with E-state index >= 15 is 0 Å². The quantitative estimate of drug-likeness (QED) is 0.366. The molecule has 0 aromatic heterocycles. The van der Waals surface area contributed by atoms with Crippen molar-refractivity contribution < 1.29 is 72.4 Å². The maximum absolute atomic E-state index is 13.3. The fourth-order valence-corrected chi connectivity index (χ4v) is 3.75. The third-order valence-electron chi connectivity index (χ3n) is 6.28. The van der Waals surface area contributed by atoms with Crippen molar-refractivity contribution in [1.82, 2.24) is 0 Å². The molecule has 0 bridgehead atoms. The van der Waals surface area contributed by atoms with Crippen molar-refractivity contribution in [3.63, 3.8) is 0 Å². The van der Waals surface area contributed by atoms with E-state index in [1.807, 2.05) is 0 Å². The molecule has 0 aromatic carbocycles. The highest BCUT2D eigenvalue weighted by molar-refractivity contribution is 5.76. The van der Waals surface area contributed by atoms with Crippen LogP contribution in [-0.4, -0.2) is 58.2 Å². The lowest BCUT2D eigenvalue weighted by molar-refractivity contribution is -0.405. The van der Waals surface area contributed by atoms with Crippen LogP contribution < -0.4 is 0 Å². The van der Waals surface area contributed by atoms with E-state index in [1.165, 1.54) is 20.8 Å². The Balaban J connectivity index is 3.69. The zero-order valence-electron chi connectivity index (χ0n) is 17.8. The van der Waals surface area contributed by atoms with E-state index in [0.717, 1.165) is 0 Å². The van der Waals surface area contributed by atoms with Crippen molar-refractivity contribution >= 4 is 5.97 Å². The summed E-state index contributed by atoms with van der Waals surface area (Å²) in [7, 11) is 0. The fourth-order valence-electron chi connectivity index (χ4n) is 3.75. The van der Waals surface area contributed by atoms with Gasteiger partial charge in [0.1, 0.15) is 6.10 Å². The Kier molecular flexibility index (Phi) is 8.00. The predicted molar refractivity (Wildman–Crippen MR) is 88.9 cm³/mol. The average Bonchev–Trinajstić information content (AvgIpc) is 2.62. The molecule has 0 heterocycles. The Morgan fingerprint density at radius 2 is 1.00 bits per heavy atom. The van der Waals surface area contributed by atoms with Gasteiger partial charge >= 0.3 is 30.7 Å². The van der Waals surface area contributed by atoms with E-state index in [0.29, 0.717) is 0 Å². The topological polar surface area (TPSA) is 66.8 Å². The first-order valence-corrected chi connectivity index (χ1v) is 9.70. The highest BCUT2D eigenvalue weighted by Gasteiger charge is 2.78. The summed E-state index contributed by atoms with van der Waals surface area (Å²) in [5.74, 6) is -8.06. The smallest absolute Gasteiger partial charge is 0.426 e. The maximum atomic E-state index is 13.3. The Hall–Kier alpha value is -1.45. The molecule has 1 aliphatic carbocycles. The van der Waals surface area contributed by atoms with Crippen molar-refractivity contribution in [3.05, 3.63) is 0 Å². The first kappa shape index (κ1) is 30.6. The number of carbonyl (C=O) groups excluding carboxylic acids is 1. The Labute approximate surface area is 185 Å². The largest absolute Gasteiger partial charge is 0.462 e. The molecule has 3 atom stereocenters. The number of esters is 1. The molecule has 0 aliphatic heterocycles. The lowest BCUT2D eigenvalue weighted by Crippen LogP contribution is -2.67. The third kappa shape index (κ3) is 5.21. The van der Waals surface area contributed by atoms with Crippen molar-refractivity contribution in [2.75, 3.05) is 0 Å². The number of halogens is 12. The van der Waals surface area contributed by atoms with Crippen LogP contribution in [0.25, 0.3) is 0 Å². The maximum Gasteiger partial charge on any atom is 0.426 e. The summed E-state index contributed by atoms with van der Waals surface area (Å²) in [6.45, 7) is 3.82. The van der Waals surface area contributed by atoms with Crippen LogP contribution in [-0.2, 0) is 9.53 Å². The molecule has 1 rings (SSSR count). The van der Waals surface area contributed by atoms with Crippen LogP contribution in [0.5, 0.6) is 0 Å². The van der Waals surface area contributed by atoms with E-state index in [1.54, 1.807) is 0 Å². The lowest BCUT2D eigenvalue weighted by atomic mass is 9.65. The van der Waals surface area contributed by atoms with Crippen LogP contribution >= 0.6 is 0 Å². The van der Waals surface area contributed by atoms with E-state index in [2.05, 4.69) is 0 Å². The van der Waals surface area contributed by atoms with Crippen molar-refractivity contribution in [2.24, 2.45) is 17.3 Å². The summed E-state index contributed by atoms with van der Waals surface area (Å²) in [4.78, 5) is 12.2. The van der Waals surface area contributed by atoms with Gasteiger partial charge in [0, 0.05) is 11.8 Å². The van der Waals surface area contributed by atoms with Crippen molar-refractivity contribution in [3.8, 4) is 0 Å². The number of ether oxygens (including phenoxy) is 1. The van der Waals surface area contributed by atoms with Gasteiger partial charge in [0.15, 0.2) is 0 Å². The Morgan fingerprint density at radius 3 is 1.24 bits per heavy atom. The van der Waals surface area contributed by atoms with Gasteiger partial charge in [-0.2, -0.15) is 52.7 Å². The van der Waals surface area contributed by atoms with Crippen molar-refractivity contribution in [2.45, 2.75) is 88.5 Å². The van der Waals surface area contributed by atoms with Gasteiger partial charge in [-0.05, 0) is 39.5 Å². The third-order valence-corrected chi connectivity index (χ3v) is 6.28. The fraction of sp³-hybridized carbons (Fsp3) is 0.944. The molecule has 1 aliphatic rings.